The summed E-state index contributed by atoms with van der Waals surface area (Å²) in [7, 11) is 0. The first-order valence-electron chi connectivity index (χ1n) is 8.03. The zero-order valence-corrected chi connectivity index (χ0v) is 13.2. The fraction of sp³-hybridized carbons (Fsp3) is 0.278. The first kappa shape index (κ1) is 14.8. The summed E-state index contributed by atoms with van der Waals surface area (Å²) in [5.74, 6) is 0.133. The third kappa shape index (κ3) is 2.88. The van der Waals surface area contributed by atoms with Crippen molar-refractivity contribution in [2.24, 2.45) is 0 Å². The molecule has 1 aliphatic rings. The van der Waals surface area contributed by atoms with Gasteiger partial charge in [0.15, 0.2) is 0 Å². The van der Waals surface area contributed by atoms with Crippen LogP contribution in [0.1, 0.15) is 5.56 Å². The molecule has 1 N–H and O–H groups in total. The van der Waals surface area contributed by atoms with Crippen molar-refractivity contribution in [1.29, 1.82) is 0 Å². The van der Waals surface area contributed by atoms with Crippen molar-refractivity contribution in [3.05, 3.63) is 48.5 Å². The molecule has 6 nitrogen and oxygen atoms in total. The minimum Gasteiger partial charge on any atom is -0.378 e. The predicted octanol–water partition coefficient (Wildman–Crippen LogP) is 2.03. The van der Waals surface area contributed by atoms with E-state index in [4.69, 9.17) is 4.74 Å². The second-order valence-electron chi connectivity index (χ2n) is 5.84. The van der Waals surface area contributed by atoms with E-state index in [0.717, 1.165) is 27.7 Å². The van der Waals surface area contributed by atoms with Crippen molar-refractivity contribution in [3.63, 3.8) is 0 Å². The molecule has 0 spiro atoms. The molecule has 0 unspecified atom stereocenters. The first-order valence-corrected chi connectivity index (χ1v) is 8.03. The minimum absolute atomic E-state index is 0.133. The molecule has 1 saturated heterocycles. The Kier molecular flexibility index (Phi) is 3.96. The molecule has 0 saturated carbocycles. The van der Waals surface area contributed by atoms with E-state index < -0.39 is 0 Å². The monoisotopic (exact) mass is 322 g/mol. The number of morpholine rings is 1. The number of fused-ring (bicyclic) bond motifs is 1. The van der Waals surface area contributed by atoms with Gasteiger partial charge in [-0.25, -0.2) is 4.98 Å². The Bertz CT molecular complexity index is 854. The molecule has 3 aromatic rings. The van der Waals surface area contributed by atoms with E-state index in [9.17, 15) is 4.79 Å². The molecule has 4 heterocycles. The molecule has 6 heteroatoms. The van der Waals surface area contributed by atoms with Gasteiger partial charge in [0, 0.05) is 48.8 Å². The summed E-state index contributed by atoms with van der Waals surface area (Å²) in [5, 5.41) is 0.992. The number of hydrogen-bond donors (Lipinski definition) is 1. The van der Waals surface area contributed by atoms with Gasteiger partial charge < -0.3 is 14.6 Å². The van der Waals surface area contributed by atoms with Crippen LogP contribution < -0.4 is 0 Å². The highest BCUT2D eigenvalue weighted by molar-refractivity contribution is 5.89. The number of H-pyrrole nitrogens is 1. The Balaban J connectivity index is 1.62. The third-order valence-corrected chi connectivity index (χ3v) is 4.34. The van der Waals surface area contributed by atoms with Crippen molar-refractivity contribution in [3.8, 4) is 11.1 Å². The van der Waals surface area contributed by atoms with Crippen LogP contribution in [0, 0.1) is 0 Å². The summed E-state index contributed by atoms with van der Waals surface area (Å²) in [6, 6.07) is 5.98. The van der Waals surface area contributed by atoms with E-state index in [0.29, 0.717) is 32.7 Å². The molecule has 1 aliphatic heterocycles. The van der Waals surface area contributed by atoms with Crippen LogP contribution in [0.3, 0.4) is 0 Å². The van der Waals surface area contributed by atoms with Crippen molar-refractivity contribution in [2.45, 2.75) is 6.42 Å². The highest BCUT2D eigenvalue weighted by atomic mass is 16.5. The fourth-order valence-electron chi connectivity index (χ4n) is 2.99. The number of pyridine rings is 2. The standard InChI is InChI=1S/C18H18N4O2/c23-17(22-5-7-24-8-6-22)10-15-12-21-18-16(15)9-14(11-20-18)13-1-3-19-4-2-13/h1-4,9,11-12H,5-8,10H2,(H,20,21). The fourth-order valence-corrected chi connectivity index (χ4v) is 2.99. The molecule has 1 amide bonds. The van der Waals surface area contributed by atoms with Crippen LogP contribution in [0.25, 0.3) is 22.2 Å². The topological polar surface area (TPSA) is 71.1 Å². The lowest BCUT2D eigenvalue weighted by molar-refractivity contribution is -0.134. The molecule has 0 radical (unpaired) electrons. The molecular formula is C18H18N4O2. The van der Waals surface area contributed by atoms with Crippen molar-refractivity contribution >= 4 is 16.9 Å². The molecule has 3 aromatic heterocycles. The maximum atomic E-state index is 12.5. The van der Waals surface area contributed by atoms with E-state index in [2.05, 4.69) is 21.0 Å². The van der Waals surface area contributed by atoms with Gasteiger partial charge in [-0.2, -0.15) is 0 Å². The number of carbonyl (C=O) groups is 1. The average molecular weight is 322 g/mol. The van der Waals surface area contributed by atoms with Crippen LogP contribution in [0.15, 0.2) is 43.0 Å². The number of rotatable bonds is 3. The van der Waals surface area contributed by atoms with E-state index in [-0.39, 0.29) is 5.91 Å². The Morgan fingerprint density at radius 3 is 2.79 bits per heavy atom. The number of carbonyl (C=O) groups excluding carboxylic acids is 1. The summed E-state index contributed by atoms with van der Waals surface area (Å²) >= 11 is 0. The lowest BCUT2D eigenvalue weighted by atomic mass is 10.1. The normalized spacial score (nSPS) is 14.9. The highest BCUT2D eigenvalue weighted by Gasteiger charge is 2.18. The summed E-state index contributed by atoms with van der Waals surface area (Å²) in [5.41, 5.74) is 3.86. The molecule has 0 aromatic carbocycles. The van der Waals surface area contributed by atoms with Crippen LogP contribution in [-0.4, -0.2) is 52.1 Å². The van der Waals surface area contributed by atoms with E-state index in [1.54, 1.807) is 12.4 Å². The molecule has 0 aliphatic carbocycles. The Morgan fingerprint density at radius 1 is 1.21 bits per heavy atom. The van der Waals surface area contributed by atoms with E-state index in [1.165, 1.54) is 0 Å². The van der Waals surface area contributed by atoms with Gasteiger partial charge in [0.05, 0.1) is 19.6 Å². The summed E-state index contributed by atoms with van der Waals surface area (Å²) < 4.78 is 5.30. The van der Waals surface area contributed by atoms with Gasteiger partial charge in [-0.15, -0.1) is 0 Å². The van der Waals surface area contributed by atoms with Crippen LogP contribution in [-0.2, 0) is 16.0 Å². The Hall–Kier alpha value is -2.73. The van der Waals surface area contributed by atoms with Gasteiger partial charge in [-0.1, -0.05) is 0 Å². The zero-order valence-electron chi connectivity index (χ0n) is 13.2. The maximum Gasteiger partial charge on any atom is 0.227 e. The summed E-state index contributed by atoms with van der Waals surface area (Å²) in [4.78, 5) is 26.0. The smallest absolute Gasteiger partial charge is 0.227 e. The highest BCUT2D eigenvalue weighted by Crippen LogP contribution is 2.24. The van der Waals surface area contributed by atoms with E-state index >= 15 is 0 Å². The molecule has 24 heavy (non-hydrogen) atoms. The maximum absolute atomic E-state index is 12.5. The Labute approximate surface area is 139 Å². The Morgan fingerprint density at radius 2 is 2.00 bits per heavy atom. The number of nitrogens with zero attached hydrogens (tertiary/aromatic N) is 3. The lowest BCUT2D eigenvalue weighted by Crippen LogP contribution is -2.41. The van der Waals surface area contributed by atoms with Gasteiger partial charge in [0.25, 0.3) is 0 Å². The third-order valence-electron chi connectivity index (χ3n) is 4.34. The van der Waals surface area contributed by atoms with Gasteiger partial charge in [0.1, 0.15) is 5.65 Å². The van der Waals surface area contributed by atoms with Crippen LogP contribution in [0.2, 0.25) is 0 Å². The average Bonchev–Trinajstić information content (AvgIpc) is 3.05. The second kappa shape index (κ2) is 6.41. The van der Waals surface area contributed by atoms with E-state index in [1.807, 2.05) is 29.4 Å². The quantitative estimate of drug-likeness (QED) is 0.801. The first-order chi connectivity index (χ1) is 11.8. The van der Waals surface area contributed by atoms with Gasteiger partial charge in [-0.3, -0.25) is 9.78 Å². The van der Waals surface area contributed by atoms with Crippen molar-refractivity contribution < 1.29 is 9.53 Å². The molecular weight excluding hydrogens is 304 g/mol. The summed E-state index contributed by atoms with van der Waals surface area (Å²) in [6.07, 6.45) is 7.62. The van der Waals surface area contributed by atoms with Crippen LogP contribution in [0.5, 0.6) is 0 Å². The zero-order chi connectivity index (χ0) is 16.4. The molecule has 1 fully saturated rings. The number of aromatic amines is 1. The number of amides is 1. The minimum atomic E-state index is 0.133. The van der Waals surface area contributed by atoms with Gasteiger partial charge >= 0.3 is 0 Å². The molecule has 122 valence electrons. The number of aromatic nitrogens is 3. The SMILES string of the molecule is O=C(Cc1c[nH]c2ncc(-c3ccncc3)cc12)N1CCOCC1. The largest absolute Gasteiger partial charge is 0.378 e. The predicted molar refractivity (Wildman–Crippen MR) is 90.4 cm³/mol. The van der Waals surface area contributed by atoms with Gasteiger partial charge in [0.2, 0.25) is 5.91 Å². The number of ether oxygens (including phenoxy) is 1. The van der Waals surface area contributed by atoms with Crippen molar-refractivity contribution in [2.75, 3.05) is 26.3 Å². The van der Waals surface area contributed by atoms with Crippen LogP contribution in [0.4, 0.5) is 0 Å². The molecule has 0 bridgehead atoms. The number of nitrogens with one attached hydrogen (secondary N) is 1. The molecule has 0 atom stereocenters. The number of hydrogen-bond acceptors (Lipinski definition) is 4. The van der Waals surface area contributed by atoms with Gasteiger partial charge in [-0.05, 0) is 29.3 Å². The lowest BCUT2D eigenvalue weighted by Gasteiger charge is -2.26. The summed E-state index contributed by atoms with van der Waals surface area (Å²) in [6.45, 7) is 2.57. The van der Waals surface area contributed by atoms with Crippen molar-refractivity contribution in [1.82, 2.24) is 19.9 Å². The second-order valence-corrected chi connectivity index (χ2v) is 5.84. The molecule has 4 rings (SSSR count). The van der Waals surface area contributed by atoms with Crippen LogP contribution >= 0.6 is 0 Å².